The summed E-state index contributed by atoms with van der Waals surface area (Å²) in [7, 11) is 0. The van der Waals surface area contributed by atoms with E-state index >= 15 is 0 Å². The molecule has 0 bridgehead atoms. The first-order valence-corrected chi connectivity index (χ1v) is 6.95. The number of amides is 1. The molecule has 0 saturated heterocycles. The summed E-state index contributed by atoms with van der Waals surface area (Å²) in [6.07, 6.45) is 0.666. The van der Waals surface area contributed by atoms with E-state index in [1.807, 2.05) is 6.92 Å². The van der Waals surface area contributed by atoms with Gasteiger partial charge < -0.3 is 15.8 Å². The molecule has 1 aliphatic carbocycles. The van der Waals surface area contributed by atoms with Crippen LogP contribution in [-0.2, 0) is 4.74 Å². The fourth-order valence-corrected chi connectivity index (χ4v) is 2.55. The zero-order valence-corrected chi connectivity index (χ0v) is 12.1. The van der Waals surface area contributed by atoms with E-state index in [9.17, 15) is 9.18 Å². The summed E-state index contributed by atoms with van der Waals surface area (Å²) < 4.78 is 19.2. The first-order valence-electron chi connectivity index (χ1n) is 6.16. The number of benzene rings is 1. The lowest BCUT2D eigenvalue weighted by molar-refractivity contribution is -0.0300. The van der Waals surface area contributed by atoms with E-state index < -0.39 is 5.82 Å². The van der Waals surface area contributed by atoms with Crippen molar-refractivity contribution in [2.24, 2.45) is 5.73 Å². The Balaban J connectivity index is 2.06. The van der Waals surface area contributed by atoms with E-state index in [4.69, 9.17) is 10.5 Å². The van der Waals surface area contributed by atoms with Gasteiger partial charge in [-0.2, -0.15) is 0 Å². The summed E-state index contributed by atoms with van der Waals surface area (Å²) in [5.74, 6) is -0.802. The van der Waals surface area contributed by atoms with Crippen LogP contribution in [0.4, 0.5) is 4.39 Å². The molecule has 0 aromatic heterocycles. The maximum absolute atomic E-state index is 13.2. The van der Waals surface area contributed by atoms with E-state index in [0.29, 0.717) is 11.1 Å². The Morgan fingerprint density at radius 1 is 1.63 bits per heavy atom. The van der Waals surface area contributed by atoms with Crippen LogP contribution < -0.4 is 11.1 Å². The molecule has 6 heteroatoms. The maximum Gasteiger partial charge on any atom is 0.252 e. The van der Waals surface area contributed by atoms with Gasteiger partial charge in [-0.1, -0.05) is 0 Å². The predicted octanol–water partition coefficient (Wildman–Crippen LogP) is 1.82. The van der Waals surface area contributed by atoms with Crippen molar-refractivity contribution >= 4 is 21.8 Å². The van der Waals surface area contributed by atoms with Crippen LogP contribution in [0.15, 0.2) is 22.7 Å². The van der Waals surface area contributed by atoms with E-state index in [0.717, 1.165) is 6.42 Å². The molecule has 1 amide bonds. The van der Waals surface area contributed by atoms with Crippen molar-refractivity contribution in [1.82, 2.24) is 5.32 Å². The quantitative estimate of drug-likeness (QED) is 0.885. The minimum atomic E-state index is -0.451. The van der Waals surface area contributed by atoms with Crippen molar-refractivity contribution in [2.45, 2.75) is 31.5 Å². The zero-order chi connectivity index (χ0) is 14.0. The van der Waals surface area contributed by atoms with Gasteiger partial charge in [0.15, 0.2) is 0 Å². The average Bonchev–Trinajstić information content (AvgIpc) is 2.38. The van der Waals surface area contributed by atoms with Crippen molar-refractivity contribution in [3.8, 4) is 0 Å². The summed E-state index contributed by atoms with van der Waals surface area (Å²) in [5.41, 5.74) is 6.12. The SMILES string of the molecule is CCOC1CC(N)C1NC(=O)c1cc(F)ccc1Br. The molecule has 1 aromatic carbocycles. The summed E-state index contributed by atoms with van der Waals surface area (Å²) in [4.78, 5) is 12.1. The lowest BCUT2D eigenvalue weighted by Gasteiger charge is -2.42. The molecule has 0 spiro atoms. The average molecular weight is 331 g/mol. The van der Waals surface area contributed by atoms with Gasteiger partial charge in [0.1, 0.15) is 5.82 Å². The Labute approximate surface area is 119 Å². The molecule has 1 aromatic rings. The van der Waals surface area contributed by atoms with Crippen LogP contribution in [-0.4, -0.2) is 30.7 Å². The molecule has 4 nitrogen and oxygen atoms in total. The molecular weight excluding hydrogens is 315 g/mol. The number of nitrogens with two attached hydrogens (primary N) is 1. The second kappa shape index (κ2) is 5.98. The highest BCUT2D eigenvalue weighted by molar-refractivity contribution is 9.10. The van der Waals surface area contributed by atoms with Gasteiger partial charge in [0.2, 0.25) is 0 Å². The lowest BCUT2D eigenvalue weighted by Crippen LogP contribution is -2.64. The van der Waals surface area contributed by atoms with Crippen LogP contribution in [0.5, 0.6) is 0 Å². The van der Waals surface area contributed by atoms with Crippen molar-refractivity contribution < 1.29 is 13.9 Å². The number of halogens is 2. The molecule has 1 fully saturated rings. The summed E-state index contributed by atoms with van der Waals surface area (Å²) >= 11 is 3.23. The normalized spacial score (nSPS) is 25.8. The van der Waals surface area contributed by atoms with Crippen LogP contribution in [0.3, 0.4) is 0 Å². The molecule has 1 saturated carbocycles. The molecule has 2 rings (SSSR count). The first kappa shape index (κ1) is 14.4. The molecule has 3 N–H and O–H groups in total. The molecule has 104 valence electrons. The van der Waals surface area contributed by atoms with Crippen molar-refractivity contribution in [2.75, 3.05) is 6.61 Å². The lowest BCUT2D eigenvalue weighted by atomic mass is 9.83. The molecule has 0 aliphatic heterocycles. The number of hydrogen-bond donors (Lipinski definition) is 2. The first-order chi connectivity index (χ1) is 9.02. The van der Waals surface area contributed by atoms with Gasteiger partial charge >= 0.3 is 0 Å². The van der Waals surface area contributed by atoms with Gasteiger partial charge in [-0.05, 0) is 47.5 Å². The van der Waals surface area contributed by atoms with Crippen LogP contribution in [0.2, 0.25) is 0 Å². The fourth-order valence-electron chi connectivity index (χ4n) is 2.13. The van der Waals surface area contributed by atoms with Crippen LogP contribution in [0, 0.1) is 5.82 Å². The van der Waals surface area contributed by atoms with Crippen LogP contribution in [0.1, 0.15) is 23.7 Å². The molecule has 1 aliphatic rings. The third-order valence-electron chi connectivity index (χ3n) is 3.22. The third-order valence-corrected chi connectivity index (χ3v) is 3.91. The topological polar surface area (TPSA) is 64.3 Å². The monoisotopic (exact) mass is 330 g/mol. The van der Waals surface area contributed by atoms with Gasteiger partial charge in [-0.15, -0.1) is 0 Å². The van der Waals surface area contributed by atoms with Gasteiger partial charge in [0, 0.05) is 17.1 Å². The molecule has 19 heavy (non-hydrogen) atoms. The maximum atomic E-state index is 13.2. The smallest absolute Gasteiger partial charge is 0.252 e. The minimum absolute atomic E-state index is 0.0590. The Hall–Kier alpha value is -0.980. The molecule has 3 unspecified atom stereocenters. The van der Waals surface area contributed by atoms with Crippen LogP contribution >= 0.6 is 15.9 Å². The number of nitrogens with one attached hydrogen (secondary N) is 1. The number of rotatable bonds is 4. The third kappa shape index (κ3) is 3.13. The van der Waals surface area contributed by atoms with E-state index in [1.54, 1.807) is 0 Å². The summed E-state index contributed by atoms with van der Waals surface area (Å²) in [5, 5.41) is 2.80. The Bertz CT molecular complexity index is 482. The molecule has 0 heterocycles. The van der Waals surface area contributed by atoms with E-state index in [-0.39, 0.29) is 29.7 Å². The largest absolute Gasteiger partial charge is 0.376 e. The Morgan fingerprint density at radius 3 is 3.00 bits per heavy atom. The molecule has 3 atom stereocenters. The van der Waals surface area contributed by atoms with Gasteiger partial charge in [0.05, 0.1) is 17.7 Å². The molecular formula is C13H16BrFN2O2. The van der Waals surface area contributed by atoms with Crippen molar-refractivity contribution in [3.05, 3.63) is 34.1 Å². The van der Waals surface area contributed by atoms with E-state index in [1.165, 1.54) is 18.2 Å². The van der Waals surface area contributed by atoms with Gasteiger partial charge in [0.25, 0.3) is 5.91 Å². The number of carbonyl (C=O) groups excluding carboxylic acids is 1. The second-order valence-corrected chi connectivity index (χ2v) is 5.37. The number of hydrogen-bond acceptors (Lipinski definition) is 3. The number of ether oxygens (including phenoxy) is 1. The standard InChI is InChI=1S/C13H16BrFN2O2/c1-2-19-11-6-10(16)12(11)17-13(18)8-5-7(15)3-4-9(8)14/h3-5,10-12H,2,6,16H2,1H3,(H,17,18). The minimum Gasteiger partial charge on any atom is -0.376 e. The highest BCUT2D eigenvalue weighted by Gasteiger charge is 2.40. The Kier molecular flexibility index (Phi) is 4.54. The second-order valence-electron chi connectivity index (χ2n) is 4.52. The van der Waals surface area contributed by atoms with E-state index in [2.05, 4.69) is 21.2 Å². The predicted molar refractivity (Wildman–Crippen MR) is 73.4 cm³/mol. The molecule has 0 radical (unpaired) electrons. The van der Waals surface area contributed by atoms with Crippen LogP contribution in [0.25, 0.3) is 0 Å². The highest BCUT2D eigenvalue weighted by atomic mass is 79.9. The highest BCUT2D eigenvalue weighted by Crippen LogP contribution is 2.24. The fraction of sp³-hybridized carbons (Fsp3) is 0.462. The van der Waals surface area contributed by atoms with Crippen molar-refractivity contribution in [3.63, 3.8) is 0 Å². The van der Waals surface area contributed by atoms with Gasteiger partial charge in [-0.25, -0.2) is 4.39 Å². The van der Waals surface area contributed by atoms with Gasteiger partial charge in [-0.3, -0.25) is 4.79 Å². The number of carbonyl (C=O) groups is 1. The van der Waals surface area contributed by atoms with Crippen molar-refractivity contribution in [1.29, 1.82) is 0 Å². The summed E-state index contributed by atoms with van der Waals surface area (Å²) in [6.45, 7) is 2.47. The zero-order valence-electron chi connectivity index (χ0n) is 10.5. The Morgan fingerprint density at radius 2 is 2.37 bits per heavy atom. The summed E-state index contributed by atoms with van der Waals surface area (Å²) in [6, 6.07) is 3.65.